The summed E-state index contributed by atoms with van der Waals surface area (Å²) < 4.78 is 0. The molecule has 0 aromatic heterocycles. The lowest BCUT2D eigenvalue weighted by atomic mass is 9.92. The Morgan fingerprint density at radius 1 is 1.56 bits per heavy atom. The van der Waals surface area contributed by atoms with Crippen LogP contribution >= 0.6 is 0 Å². The van der Waals surface area contributed by atoms with E-state index in [1.54, 1.807) is 0 Å². The highest BCUT2D eigenvalue weighted by Gasteiger charge is 2.30. The first-order valence-electron chi connectivity index (χ1n) is 6.33. The highest BCUT2D eigenvalue weighted by Crippen LogP contribution is 2.36. The van der Waals surface area contributed by atoms with Crippen LogP contribution in [0.1, 0.15) is 33.1 Å². The van der Waals surface area contributed by atoms with Gasteiger partial charge in [0.1, 0.15) is 0 Å². The first kappa shape index (κ1) is 11.7. The fourth-order valence-electron chi connectivity index (χ4n) is 2.74. The molecule has 2 amide bonds. The summed E-state index contributed by atoms with van der Waals surface area (Å²) in [5.41, 5.74) is 0.503. The second-order valence-corrected chi connectivity index (χ2v) is 5.78. The van der Waals surface area contributed by atoms with Crippen LogP contribution in [0.2, 0.25) is 0 Å². The Balaban J connectivity index is 1.63. The summed E-state index contributed by atoms with van der Waals surface area (Å²) in [6, 6.07) is 0.745. The average Bonchev–Trinajstić information content (AvgIpc) is 2.74. The van der Waals surface area contributed by atoms with Crippen LogP contribution in [0.3, 0.4) is 0 Å². The lowest BCUT2D eigenvalue weighted by Gasteiger charge is -2.19. The Labute approximate surface area is 97.8 Å². The number of rotatable bonds is 4. The van der Waals surface area contributed by atoms with Crippen LogP contribution in [-0.4, -0.2) is 43.2 Å². The highest BCUT2D eigenvalue weighted by atomic mass is 16.2. The van der Waals surface area contributed by atoms with Gasteiger partial charge in [0.05, 0.1) is 0 Å². The predicted octanol–water partition coefficient (Wildman–Crippen LogP) is 1.18. The zero-order valence-electron chi connectivity index (χ0n) is 10.4. The summed E-state index contributed by atoms with van der Waals surface area (Å²) in [6.07, 6.45) is 3.85. The van der Waals surface area contributed by atoms with Crippen molar-refractivity contribution in [1.82, 2.24) is 15.5 Å². The van der Waals surface area contributed by atoms with Gasteiger partial charge in [-0.2, -0.15) is 0 Å². The van der Waals surface area contributed by atoms with Crippen molar-refractivity contribution < 1.29 is 4.79 Å². The summed E-state index contributed by atoms with van der Waals surface area (Å²) in [4.78, 5) is 13.2. The van der Waals surface area contributed by atoms with E-state index < -0.39 is 0 Å². The molecular weight excluding hydrogens is 202 g/mol. The molecule has 1 aliphatic carbocycles. The van der Waals surface area contributed by atoms with Gasteiger partial charge in [-0.15, -0.1) is 0 Å². The molecule has 2 N–H and O–H groups in total. The normalized spacial score (nSPS) is 28.5. The van der Waals surface area contributed by atoms with Crippen molar-refractivity contribution in [1.29, 1.82) is 0 Å². The van der Waals surface area contributed by atoms with E-state index in [0.717, 1.165) is 26.2 Å². The SMILES string of the molecule is CC1(C)CCC(NCCN2CCNC2=O)C1. The topological polar surface area (TPSA) is 44.4 Å². The number of hydrogen-bond donors (Lipinski definition) is 2. The van der Waals surface area contributed by atoms with E-state index in [1.165, 1.54) is 19.3 Å². The minimum atomic E-state index is 0.0913. The van der Waals surface area contributed by atoms with Gasteiger partial charge in [0.15, 0.2) is 0 Å². The molecule has 0 aromatic carbocycles. The first-order valence-corrected chi connectivity index (χ1v) is 6.33. The van der Waals surface area contributed by atoms with Gasteiger partial charge in [0.25, 0.3) is 0 Å². The van der Waals surface area contributed by atoms with Crippen molar-refractivity contribution in [2.45, 2.75) is 39.2 Å². The standard InChI is InChI=1S/C12H23N3O/c1-12(2)4-3-10(9-12)13-5-7-15-8-6-14-11(15)16/h10,13H,3-9H2,1-2H3,(H,14,16). The maximum atomic E-state index is 11.3. The molecule has 0 bridgehead atoms. The van der Waals surface area contributed by atoms with Crippen molar-refractivity contribution >= 4 is 6.03 Å². The van der Waals surface area contributed by atoms with E-state index >= 15 is 0 Å². The smallest absolute Gasteiger partial charge is 0.317 e. The van der Waals surface area contributed by atoms with E-state index in [-0.39, 0.29) is 6.03 Å². The molecule has 4 nitrogen and oxygen atoms in total. The molecule has 0 aromatic rings. The molecule has 2 aliphatic rings. The van der Waals surface area contributed by atoms with E-state index in [2.05, 4.69) is 24.5 Å². The molecular formula is C12H23N3O. The summed E-state index contributed by atoms with van der Waals surface area (Å²) in [5.74, 6) is 0. The number of carbonyl (C=O) groups excluding carboxylic acids is 1. The fourth-order valence-corrected chi connectivity index (χ4v) is 2.74. The van der Waals surface area contributed by atoms with Gasteiger partial charge >= 0.3 is 6.03 Å². The van der Waals surface area contributed by atoms with Crippen LogP contribution in [0, 0.1) is 5.41 Å². The Morgan fingerprint density at radius 3 is 2.94 bits per heavy atom. The third-order valence-electron chi connectivity index (χ3n) is 3.73. The average molecular weight is 225 g/mol. The van der Waals surface area contributed by atoms with Crippen LogP contribution in [-0.2, 0) is 0 Å². The number of carbonyl (C=O) groups is 1. The summed E-state index contributed by atoms with van der Waals surface area (Å²) >= 11 is 0. The van der Waals surface area contributed by atoms with Crippen molar-refractivity contribution in [3.63, 3.8) is 0 Å². The first-order chi connectivity index (χ1) is 7.57. The zero-order chi connectivity index (χ0) is 11.6. The maximum absolute atomic E-state index is 11.3. The molecule has 16 heavy (non-hydrogen) atoms. The van der Waals surface area contributed by atoms with Crippen molar-refractivity contribution in [2.24, 2.45) is 5.41 Å². The Kier molecular flexibility index (Phi) is 3.38. The largest absolute Gasteiger partial charge is 0.336 e. The number of nitrogens with one attached hydrogen (secondary N) is 2. The van der Waals surface area contributed by atoms with Crippen LogP contribution in [0.25, 0.3) is 0 Å². The van der Waals surface area contributed by atoms with E-state index in [9.17, 15) is 4.79 Å². The van der Waals surface area contributed by atoms with Gasteiger partial charge in [-0.3, -0.25) is 0 Å². The maximum Gasteiger partial charge on any atom is 0.317 e. The van der Waals surface area contributed by atoms with Crippen molar-refractivity contribution in [3.8, 4) is 0 Å². The lowest BCUT2D eigenvalue weighted by Crippen LogP contribution is -2.38. The molecule has 1 unspecified atom stereocenters. The fraction of sp³-hybridized carbons (Fsp3) is 0.917. The van der Waals surface area contributed by atoms with E-state index in [4.69, 9.17) is 0 Å². The molecule has 0 spiro atoms. The number of amides is 2. The summed E-state index contributed by atoms with van der Waals surface area (Å²) in [7, 11) is 0. The Morgan fingerprint density at radius 2 is 2.38 bits per heavy atom. The van der Waals surface area contributed by atoms with E-state index in [1.807, 2.05) is 4.90 Å². The van der Waals surface area contributed by atoms with Gasteiger partial charge in [0.2, 0.25) is 0 Å². The molecule has 1 atom stereocenters. The van der Waals surface area contributed by atoms with Crippen molar-refractivity contribution in [3.05, 3.63) is 0 Å². The molecule has 1 saturated carbocycles. The van der Waals surface area contributed by atoms with Crippen LogP contribution in [0.5, 0.6) is 0 Å². The third-order valence-corrected chi connectivity index (χ3v) is 3.73. The molecule has 4 heteroatoms. The van der Waals surface area contributed by atoms with Crippen LogP contribution in [0.15, 0.2) is 0 Å². The molecule has 2 fully saturated rings. The molecule has 0 radical (unpaired) electrons. The minimum Gasteiger partial charge on any atom is -0.336 e. The van der Waals surface area contributed by atoms with Gasteiger partial charge in [-0.1, -0.05) is 13.8 Å². The van der Waals surface area contributed by atoms with Crippen LogP contribution < -0.4 is 10.6 Å². The second kappa shape index (κ2) is 4.62. The van der Waals surface area contributed by atoms with Crippen LogP contribution in [0.4, 0.5) is 4.79 Å². The third kappa shape index (κ3) is 2.88. The monoisotopic (exact) mass is 225 g/mol. The van der Waals surface area contributed by atoms with Crippen molar-refractivity contribution in [2.75, 3.05) is 26.2 Å². The zero-order valence-corrected chi connectivity index (χ0v) is 10.4. The Bertz CT molecular complexity index is 265. The predicted molar refractivity (Wildman–Crippen MR) is 64.4 cm³/mol. The van der Waals surface area contributed by atoms with Gasteiger partial charge in [-0.05, 0) is 24.7 Å². The molecule has 92 valence electrons. The second-order valence-electron chi connectivity index (χ2n) is 5.78. The number of hydrogen-bond acceptors (Lipinski definition) is 2. The Hall–Kier alpha value is -0.770. The van der Waals surface area contributed by atoms with Gasteiger partial charge in [-0.25, -0.2) is 4.79 Å². The highest BCUT2D eigenvalue weighted by molar-refractivity contribution is 5.76. The molecule has 2 rings (SSSR count). The van der Waals surface area contributed by atoms with E-state index in [0.29, 0.717) is 11.5 Å². The minimum absolute atomic E-state index is 0.0913. The molecule has 1 heterocycles. The lowest BCUT2D eigenvalue weighted by molar-refractivity contribution is 0.216. The quantitative estimate of drug-likeness (QED) is 0.754. The summed E-state index contributed by atoms with van der Waals surface area (Å²) in [6.45, 7) is 8.09. The molecule has 1 aliphatic heterocycles. The number of urea groups is 1. The molecule has 1 saturated heterocycles. The van der Waals surface area contributed by atoms with Gasteiger partial charge in [0, 0.05) is 32.2 Å². The summed E-state index contributed by atoms with van der Waals surface area (Å²) in [5, 5.41) is 6.38. The van der Waals surface area contributed by atoms with Gasteiger partial charge < -0.3 is 15.5 Å². The number of nitrogens with zero attached hydrogens (tertiary/aromatic N) is 1.